The zero-order valence-corrected chi connectivity index (χ0v) is 11.6. The molecule has 0 amide bonds. The van der Waals surface area contributed by atoms with Crippen molar-refractivity contribution in [2.75, 3.05) is 13.1 Å². The van der Waals surface area contributed by atoms with Gasteiger partial charge in [-0.3, -0.25) is 4.90 Å². The van der Waals surface area contributed by atoms with Crippen LogP contribution in [-0.4, -0.2) is 29.1 Å². The van der Waals surface area contributed by atoms with Crippen LogP contribution in [0.1, 0.15) is 42.1 Å². The zero-order valence-electron chi connectivity index (χ0n) is 11.6. The Bertz CT molecular complexity index is 472. The average Bonchev–Trinajstić information content (AvgIpc) is 2.67. The van der Waals surface area contributed by atoms with E-state index in [1.54, 1.807) is 13.0 Å². The third-order valence-electron chi connectivity index (χ3n) is 2.79. The van der Waals surface area contributed by atoms with E-state index >= 15 is 0 Å². The summed E-state index contributed by atoms with van der Waals surface area (Å²) in [6.45, 7) is 8.16. The molecule has 0 aliphatic heterocycles. The second-order valence-electron chi connectivity index (χ2n) is 5.03. The maximum atomic E-state index is 10.9. The molecule has 0 saturated carbocycles. The van der Waals surface area contributed by atoms with Crippen molar-refractivity contribution >= 4 is 5.97 Å². The van der Waals surface area contributed by atoms with Gasteiger partial charge < -0.3 is 9.52 Å². The predicted octanol–water partition coefficient (Wildman–Crippen LogP) is 2.66. The quantitative estimate of drug-likeness (QED) is 0.819. The van der Waals surface area contributed by atoms with E-state index in [0.717, 1.165) is 12.1 Å². The molecular weight excluding hydrogens is 244 g/mol. The molecule has 0 bridgehead atoms. The summed E-state index contributed by atoms with van der Waals surface area (Å²) in [6, 6.07) is 3.70. The van der Waals surface area contributed by atoms with Crippen LogP contribution in [0.2, 0.25) is 0 Å². The topological polar surface area (TPSA) is 77.5 Å². The lowest BCUT2D eigenvalue weighted by Gasteiger charge is -2.22. The van der Waals surface area contributed by atoms with E-state index in [1.807, 2.05) is 0 Å². The van der Waals surface area contributed by atoms with Crippen molar-refractivity contribution in [3.63, 3.8) is 0 Å². The first-order chi connectivity index (χ1) is 8.93. The minimum absolute atomic E-state index is 0.0303. The van der Waals surface area contributed by atoms with Crippen molar-refractivity contribution in [3.8, 4) is 6.07 Å². The summed E-state index contributed by atoms with van der Waals surface area (Å²) in [5, 5.41) is 17.6. The van der Waals surface area contributed by atoms with Gasteiger partial charge in [0.05, 0.1) is 6.07 Å². The van der Waals surface area contributed by atoms with E-state index in [1.165, 1.54) is 0 Å². The number of carboxylic acid groups (broad SMARTS) is 1. The van der Waals surface area contributed by atoms with Gasteiger partial charge in [0, 0.05) is 31.6 Å². The summed E-state index contributed by atoms with van der Waals surface area (Å²) < 4.78 is 5.20. The minimum Gasteiger partial charge on any atom is -0.475 e. The van der Waals surface area contributed by atoms with E-state index in [2.05, 4.69) is 24.8 Å². The molecule has 1 heterocycles. The smallest absolute Gasteiger partial charge is 0.371 e. The molecule has 1 N–H and O–H groups in total. The van der Waals surface area contributed by atoms with E-state index in [4.69, 9.17) is 14.8 Å². The van der Waals surface area contributed by atoms with E-state index in [0.29, 0.717) is 31.2 Å². The van der Waals surface area contributed by atoms with Crippen molar-refractivity contribution in [1.82, 2.24) is 4.90 Å². The lowest BCUT2D eigenvalue weighted by molar-refractivity contribution is 0.0661. The lowest BCUT2D eigenvalue weighted by atomic mass is 10.1. The highest BCUT2D eigenvalue weighted by Gasteiger charge is 2.16. The largest absolute Gasteiger partial charge is 0.475 e. The van der Waals surface area contributed by atoms with Crippen molar-refractivity contribution in [2.24, 2.45) is 5.92 Å². The molecule has 0 spiro atoms. The van der Waals surface area contributed by atoms with Crippen LogP contribution < -0.4 is 0 Å². The Balaban J connectivity index is 2.77. The summed E-state index contributed by atoms with van der Waals surface area (Å²) in [6.07, 6.45) is 0.468. The third-order valence-corrected chi connectivity index (χ3v) is 2.79. The number of carbonyl (C=O) groups is 1. The Hall–Kier alpha value is -1.80. The Kier molecular flexibility index (Phi) is 5.58. The first kappa shape index (κ1) is 15.3. The van der Waals surface area contributed by atoms with Gasteiger partial charge in [0.2, 0.25) is 5.76 Å². The lowest BCUT2D eigenvalue weighted by Crippen LogP contribution is -2.28. The Labute approximate surface area is 113 Å². The number of rotatable bonds is 7. The second kappa shape index (κ2) is 6.95. The normalized spacial score (nSPS) is 10.9. The van der Waals surface area contributed by atoms with Gasteiger partial charge in [-0.1, -0.05) is 13.8 Å². The van der Waals surface area contributed by atoms with Crippen molar-refractivity contribution < 1.29 is 14.3 Å². The monoisotopic (exact) mass is 264 g/mol. The first-order valence-corrected chi connectivity index (χ1v) is 6.36. The summed E-state index contributed by atoms with van der Waals surface area (Å²) >= 11 is 0. The maximum absolute atomic E-state index is 10.9. The standard InChI is InChI=1S/C14H20N2O3/c1-10(2)8-16(6-4-5-15)9-12-7-13(14(17)18)19-11(12)3/h7,10H,4,6,8-9H2,1-3H3,(H,17,18). The summed E-state index contributed by atoms with van der Waals surface area (Å²) in [5.41, 5.74) is 0.871. The SMILES string of the molecule is Cc1oc(C(=O)O)cc1CN(CCC#N)CC(C)C. The van der Waals surface area contributed by atoms with Crippen LogP contribution in [0.4, 0.5) is 0 Å². The van der Waals surface area contributed by atoms with Gasteiger partial charge in [-0.25, -0.2) is 4.79 Å². The van der Waals surface area contributed by atoms with Crippen LogP contribution >= 0.6 is 0 Å². The molecule has 1 aromatic rings. The van der Waals surface area contributed by atoms with Gasteiger partial charge in [-0.15, -0.1) is 0 Å². The Morgan fingerprint density at radius 3 is 2.74 bits per heavy atom. The number of hydrogen-bond donors (Lipinski definition) is 1. The number of nitriles is 1. The molecule has 5 nitrogen and oxygen atoms in total. The van der Waals surface area contributed by atoms with Gasteiger partial charge in [0.15, 0.2) is 0 Å². The van der Waals surface area contributed by atoms with E-state index in [-0.39, 0.29) is 5.76 Å². The number of nitrogens with zero attached hydrogens (tertiary/aromatic N) is 2. The van der Waals surface area contributed by atoms with E-state index in [9.17, 15) is 4.79 Å². The van der Waals surface area contributed by atoms with Gasteiger partial charge in [-0.05, 0) is 18.9 Å². The third kappa shape index (κ3) is 4.76. The molecular formula is C14H20N2O3. The fraction of sp³-hybridized carbons (Fsp3) is 0.571. The predicted molar refractivity (Wildman–Crippen MR) is 70.7 cm³/mol. The molecule has 0 aliphatic carbocycles. The Morgan fingerprint density at radius 2 is 2.26 bits per heavy atom. The molecule has 0 atom stereocenters. The maximum Gasteiger partial charge on any atom is 0.371 e. The van der Waals surface area contributed by atoms with Gasteiger partial charge in [0.1, 0.15) is 5.76 Å². The number of carboxylic acids is 1. The molecule has 0 aliphatic rings. The van der Waals surface area contributed by atoms with Crippen molar-refractivity contribution in [2.45, 2.75) is 33.7 Å². The van der Waals surface area contributed by atoms with E-state index < -0.39 is 5.97 Å². The minimum atomic E-state index is -1.05. The summed E-state index contributed by atoms with van der Waals surface area (Å²) in [5.74, 6) is 0.0343. The van der Waals surface area contributed by atoms with Gasteiger partial charge in [0.25, 0.3) is 0 Å². The average molecular weight is 264 g/mol. The molecule has 0 fully saturated rings. The molecule has 0 saturated heterocycles. The van der Waals surface area contributed by atoms with Crippen LogP contribution in [0.5, 0.6) is 0 Å². The highest BCUT2D eigenvalue weighted by Crippen LogP contribution is 2.17. The van der Waals surface area contributed by atoms with Crippen LogP contribution in [-0.2, 0) is 6.54 Å². The van der Waals surface area contributed by atoms with Crippen LogP contribution in [0.3, 0.4) is 0 Å². The molecule has 1 aromatic heterocycles. The number of aryl methyl sites for hydroxylation is 1. The Morgan fingerprint density at radius 1 is 1.58 bits per heavy atom. The van der Waals surface area contributed by atoms with Crippen molar-refractivity contribution in [1.29, 1.82) is 5.26 Å². The number of aromatic carboxylic acids is 1. The van der Waals surface area contributed by atoms with Crippen LogP contribution in [0, 0.1) is 24.2 Å². The van der Waals surface area contributed by atoms with Crippen LogP contribution in [0.25, 0.3) is 0 Å². The van der Waals surface area contributed by atoms with Crippen molar-refractivity contribution in [3.05, 3.63) is 23.2 Å². The summed E-state index contributed by atoms with van der Waals surface area (Å²) in [4.78, 5) is 13.0. The first-order valence-electron chi connectivity index (χ1n) is 6.36. The number of hydrogen-bond acceptors (Lipinski definition) is 4. The molecule has 19 heavy (non-hydrogen) atoms. The highest BCUT2D eigenvalue weighted by atomic mass is 16.4. The molecule has 104 valence electrons. The molecule has 0 aromatic carbocycles. The van der Waals surface area contributed by atoms with Crippen LogP contribution in [0.15, 0.2) is 10.5 Å². The fourth-order valence-electron chi connectivity index (χ4n) is 1.98. The second-order valence-corrected chi connectivity index (χ2v) is 5.03. The molecule has 5 heteroatoms. The van der Waals surface area contributed by atoms with Gasteiger partial charge in [-0.2, -0.15) is 5.26 Å². The zero-order chi connectivity index (χ0) is 14.4. The molecule has 1 rings (SSSR count). The molecule has 0 unspecified atom stereocenters. The van der Waals surface area contributed by atoms with Gasteiger partial charge >= 0.3 is 5.97 Å². The molecule has 0 radical (unpaired) electrons. The highest BCUT2D eigenvalue weighted by molar-refractivity contribution is 5.84. The number of furan rings is 1. The summed E-state index contributed by atoms with van der Waals surface area (Å²) in [7, 11) is 0. The fourth-order valence-corrected chi connectivity index (χ4v) is 1.98.